The lowest BCUT2D eigenvalue weighted by atomic mass is 10.1. The van der Waals surface area contributed by atoms with Crippen molar-refractivity contribution in [3.8, 4) is 0 Å². The van der Waals surface area contributed by atoms with E-state index in [1.54, 1.807) is 24.3 Å². The molecule has 1 aliphatic heterocycles. The van der Waals surface area contributed by atoms with Gasteiger partial charge in [-0.05, 0) is 17.7 Å². The zero-order valence-electron chi connectivity index (χ0n) is 13.1. The van der Waals surface area contributed by atoms with E-state index < -0.39 is 23.5 Å². The molecule has 1 aliphatic rings. The second kappa shape index (κ2) is 7.88. The number of rotatable bonds is 6. The number of allylic oxidation sites excluding steroid dienone is 1. The number of halogens is 4. The van der Waals surface area contributed by atoms with Gasteiger partial charge >= 0.3 is 6.18 Å². The monoisotopic (exact) mass is 375 g/mol. The second-order valence-electron chi connectivity index (χ2n) is 5.69. The summed E-state index contributed by atoms with van der Waals surface area (Å²) in [5.41, 5.74) is 3.84. The molecule has 0 saturated carbocycles. The van der Waals surface area contributed by atoms with E-state index >= 15 is 0 Å². The summed E-state index contributed by atoms with van der Waals surface area (Å²) in [6, 6.07) is 6.85. The van der Waals surface area contributed by atoms with Gasteiger partial charge in [-0.3, -0.25) is 10.2 Å². The minimum atomic E-state index is -4.86. The van der Waals surface area contributed by atoms with Gasteiger partial charge < -0.3 is 15.4 Å². The molecule has 1 amide bonds. The fraction of sp³-hybridized carbons (Fsp3) is 0.375. The molecule has 0 unspecified atom stereocenters. The molecular weight excluding hydrogens is 359 g/mol. The minimum Gasteiger partial charge on any atom is -0.394 e. The third-order valence-corrected chi connectivity index (χ3v) is 4.01. The maximum Gasteiger partial charge on any atom is 0.432 e. The number of carbonyl (C=O) groups excluding carboxylic acids is 1. The van der Waals surface area contributed by atoms with Crippen molar-refractivity contribution in [1.29, 1.82) is 5.41 Å². The van der Waals surface area contributed by atoms with Gasteiger partial charge in [-0.15, -0.1) is 0 Å². The van der Waals surface area contributed by atoms with Crippen LogP contribution in [0.15, 0.2) is 36.0 Å². The van der Waals surface area contributed by atoms with Gasteiger partial charge in [0.15, 0.2) is 0 Å². The first-order chi connectivity index (χ1) is 11.7. The Morgan fingerprint density at radius 3 is 2.56 bits per heavy atom. The normalized spacial score (nSPS) is 15.6. The highest BCUT2D eigenvalue weighted by atomic mass is 35.5. The Labute approximate surface area is 147 Å². The van der Waals surface area contributed by atoms with Gasteiger partial charge in [-0.1, -0.05) is 29.8 Å². The highest BCUT2D eigenvalue weighted by Crippen LogP contribution is 2.21. The van der Waals surface area contributed by atoms with E-state index in [2.05, 4.69) is 0 Å². The maximum atomic E-state index is 12.5. The Balaban J connectivity index is 2.19. The highest BCUT2D eigenvalue weighted by Gasteiger charge is 2.34. The molecule has 1 heterocycles. The molecule has 1 aromatic rings. The average molecular weight is 376 g/mol. The standard InChI is InChI=1S/C16H17ClF3N3O2/c17-12-4-2-1-3-11(12)7-23(6-10-8-25-9-10)15(24)13(21)5-14(22)16(18,19)20/h1-5,10,22H,6-9,21H2/b13-5-,22-14?. The molecule has 0 spiro atoms. The predicted molar refractivity (Wildman–Crippen MR) is 87.2 cm³/mol. The van der Waals surface area contributed by atoms with Crippen molar-refractivity contribution in [2.45, 2.75) is 12.7 Å². The van der Waals surface area contributed by atoms with Gasteiger partial charge in [-0.25, -0.2) is 0 Å². The van der Waals surface area contributed by atoms with Crippen LogP contribution in [0.25, 0.3) is 0 Å². The number of ether oxygens (including phenoxy) is 1. The molecule has 0 atom stereocenters. The summed E-state index contributed by atoms with van der Waals surface area (Å²) >= 11 is 6.09. The number of hydrogen-bond acceptors (Lipinski definition) is 4. The van der Waals surface area contributed by atoms with Gasteiger partial charge in [0, 0.05) is 24.0 Å². The average Bonchev–Trinajstić information content (AvgIpc) is 2.49. The molecule has 3 N–H and O–H groups in total. The number of nitrogens with zero attached hydrogens (tertiary/aromatic N) is 1. The summed E-state index contributed by atoms with van der Waals surface area (Å²) in [6.07, 6.45) is -4.53. The van der Waals surface area contributed by atoms with E-state index in [1.165, 1.54) is 4.90 Å². The maximum absolute atomic E-state index is 12.5. The number of benzene rings is 1. The Kier molecular flexibility index (Phi) is 6.07. The van der Waals surface area contributed by atoms with E-state index in [0.717, 1.165) is 0 Å². The number of nitrogens with one attached hydrogen (secondary N) is 1. The fourth-order valence-electron chi connectivity index (χ4n) is 2.23. The number of nitrogens with two attached hydrogens (primary N) is 1. The third-order valence-electron chi connectivity index (χ3n) is 3.64. The zero-order chi connectivity index (χ0) is 18.6. The van der Waals surface area contributed by atoms with Gasteiger partial charge in [0.2, 0.25) is 0 Å². The summed E-state index contributed by atoms with van der Waals surface area (Å²) in [5, 5.41) is 7.40. The molecule has 0 aliphatic carbocycles. The van der Waals surface area contributed by atoms with Crippen molar-refractivity contribution in [1.82, 2.24) is 4.90 Å². The quantitative estimate of drug-likeness (QED) is 0.592. The van der Waals surface area contributed by atoms with Gasteiger partial charge in [0.05, 0.1) is 18.9 Å². The molecule has 0 radical (unpaired) electrons. The van der Waals surface area contributed by atoms with Gasteiger partial charge in [0.1, 0.15) is 5.71 Å². The lowest BCUT2D eigenvalue weighted by molar-refractivity contribution is -0.131. The Morgan fingerprint density at radius 1 is 1.40 bits per heavy atom. The summed E-state index contributed by atoms with van der Waals surface area (Å²) in [6.45, 7) is 1.31. The summed E-state index contributed by atoms with van der Waals surface area (Å²) in [7, 11) is 0. The van der Waals surface area contributed by atoms with Crippen LogP contribution in [-0.4, -0.2) is 42.5 Å². The first-order valence-electron chi connectivity index (χ1n) is 7.42. The molecule has 1 fully saturated rings. The van der Waals surface area contributed by atoms with Crippen LogP contribution in [0, 0.1) is 11.3 Å². The van der Waals surface area contributed by atoms with E-state index in [1.807, 2.05) is 0 Å². The molecule has 136 valence electrons. The van der Waals surface area contributed by atoms with E-state index in [-0.39, 0.29) is 19.0 Å². The van der Waals surface area contributed by atoms with E-state index in [9.17, 15) is 18.0 Å². The number of alkyl halides is 3. The van der Waals surface area contributed by atoms with Crippen molar-refractivity contribution in [2.24, 2.45) is 11.7 Å². The van der Waals surface area contributed by atoms with Crippen LogP contribution in [0.4, 0.5) is 13.2 Å². The lowest BCUT2D eigenvalue weighted by Gasteiger charge is -2.32. The van der Waals surface area contributed by atoms with Crippen LogP contribution >= 0.6 is 11.6 Å². The summed E-state index contributed by atoms with van der Waals surface area (Å²) in [5.74, 6) is -0.692. The zero-order valence-corrected chi connectivity index (χ0v) is 13.9. The Morgan fingerprint density at radius 2 is 2.04 bits per heavy atom. The predicted octanol–water partition coefficient (Wildman–Crippen LogP) is 2.74. The van der Waals surface area contributed by atoms with Crippen molar-refractivity contribution in [3.63, 3.8) is 0 Å². The first kappa shape index (κ1) is 19.3. The molecule has 25 heavy (non-hydrogen) atoms. The van der Waals surface area contributed by atoms with Crippen LogP contribution in [0.2, 0.25) is 5.02 Å². The van der Waals surface area contributed by atoms with E-state index in [4.69, 9.17) is 27.5 Å². The molecule has 1 aromatic carbocycles. The molecule has 5 nitrogen and oxygen atoms in total. The highest BCUT2D eigenvalue weighted by molar-refractivity contribution is 6.31. The van der Waals surface area contributed by atoms with Crippen LogP contribution in [0.3, 0.4) is 0 Å². The lowest BCUT2D eigenvalue weighted by Crippen LogP contribution is -2.43. The van der Waals surface area contributed by atoms with Crippen molar-refractivity contribution in [3.05, 3.63) is 46.6 Å². The van der Waals surface area contributed by atoms with Gasteiger partial charge in [-0.2, -0.15) is 13.2 Å². The fourth-order valence-corrected chi connectivity index (χ4v) is 2.43. The van der Waals surface area contributed by atoms with Crippen molar-refractivity contribution < 1.29 is 22.7 Å². The van der Waals surface area contributed by atoms with Crippen LogP contribution in [0.5, 0.6) is 0 Å². The van der Waals surface area contributed by atoms with Crippen molar-refractivity contribution in [2.75, 3.05) is 19.8 Å². The Bertz CT molecular complexity index is 687. The molecular formula is C16H17ClF3N3O2. The third kappa shape index (κ3) is 5.20. The number of amides is 1. The first-order valence-corrected chi connectivity index (χ1v) is 7.79. The molecule has 1 saturated heterocycles. The SMILES string of the molecule is N=C(/C=C(\N)C(=O)N(Cc1ccccc1Cl)CC1COC1)C(F)(F)F. The number of hydrogen-bond donors (Lipinski definition) is 2. The van der Waals surface area contributed by atoms with Crippen LogP contribution < -0.4 is 5.73 Å². The second-order valence-corrected chi connectivity index (χ2v) is 6.10. The molecule has 9 heteroatoms. The van der Waals surface area contributed by atoms with Crippen LogP contribution in [0.1, 0.15) is 5.56 Å². The summed E-state index contributed by atoms with van der Waals surface area (Å²) in [4.78, 5) is 13.8. The Hall–Kier alpha value is -2.06. The molecule has 0 aromatic heterocycles. The molecule has 0 bridgehead atoms. The minimum absolute atomic E-state index is 0.0845. The largest absolute Gasteiger partial charge is 0.432 e. The molecule has 2 rings (SSSR count). The summed E-state index contributed by atoms with van der Waals surface area (Å²) < 4.78 is 42.5. The smallest absolute Gasteiger partial charge is 0.394 e. The van der Waals surface area contributed by atoms with E-state index in [0.29, 0.717) is 29.9 Å². The van der Waals surface area contributed by atoms with Gasteiger partial charge in [0.25, 0.3) is 5.91 Å². The van der Waals surface area contributed by atoms with Crippen LogP contribution in [-0.2, 0) is 16.1 Å². The van der Waals surface area contributed by atoms with Crippen molar-refractivity contribution >= 4 is 23.2 Å². The topological polar surface area (TPSA) is 79.4 Å². The number of carbonyl (C=O) groups is 1.